The summed E-state index contributed by atoms with van der Waals surface area (Å²) in [5.41, 5.74) is -3.12. The summed E-state index contributed by atoms with van der Waals surface area (Å²) in [7, 11) is 0. The third-order valence-electron chi connectivity index (χ3n) is 9.82. The van der Waals surface area contributed by atoms with Gasteiger partial charge in [-0.1, -0.05) is 43.3 Å². The van der Waals surface area contributed by atoms with E-state index in [-0.39, 0.29) is 26.1 Å². The number of ether oxygens (including phenoxy) is 5. The molecule has 1 aliphatic heterocycles. The topological polar surface area (TPSA) is 135 Å². The van der Waals surface area contributed by atoms with E-state index in [9.17, 15) is 24.3 Å². The van der Waals surface area contributed by atoms with Gasteiger partial charge in [-0.2, -0.15) is 0 Å². The second-order valence-corrected chi connectivity index (χ2v) is 12.7. The Morgan fingerprint density at radius 1 is 0.841 bits per heavy atom. The van der Waals surface area contributed by atoms with Crippen molar-refractivity contribution in [3.05, 3.63) is 71.8 Å². The average molecular weight is 609 g/mol. The van der Waals surface area contributed by atoms with Gasteiger partial charge in [0.2, 0.25) is 0 Å². The van der Waals surface area contributed by atoms with Crippen LogP contribution in [0.4, 0.5) is 0 Å². The molecule has 2 bridgehead atoms. The Hall–Kier alpha value is -3.76. The highest BCUT2D eigenvalue weighted by atomic mass is 16.6. The first-order chi connectivity index (χ1) is 20.8. The molecule has 10 nitrogen and oxygen atoms in total. The van der Waals surface area contributed by atoms with Crippen molar-refractivity contribution in [2.45, 2.75) is 77.0 Å². The number of rotatable bonds is 8. The zero-order valence-electron chi connectivity index (χ0n) is 25.7. The molecule has 2 aromatic carbocycles. The minimum absolute atomic E-state index is 0.164. The molecular weight excluding hydrogens is 568 g/mol. The minimum Gasteiger partial charge on any atom is -0.465 e. The van der Waals surface area contributed by atoms with Crippen molar-refractivity contribution in [1.29, 1.82) is 0 Å². The fraction of sp³-hybridized carbons (Fsp3) is 0.529. The Kier molecular flexibility index (Phi) is 8.61. The third kappa shape index (κ3) is 5.28. The van der Waals surface area contributed by atoms with Gasteiger partial charge in [0.15, 0.2) is 0 Å². The van der Waals surface area contributed by atoms with Crippen LogP contribution in [0.3, 0.4) is 0 Å². The molecular formula is C34H40O10. The summed E-state index contributed by atoms with van der Waals surface area (Å²) in [6.45, 7) is 7.59. The summed E-state index contributed by atoms with van der Waals surface area (Å²) < 4.78 is 31.0. The second-order valence-electron chi connectivity index (χ2n) is 12.7. The molecule has 1 saturated heterocycles. The largest absolute Gasteiger partial charge is 0.465 e. The smallest absolute Gasteiger partial charge is 0.338 e. The molecule has 0 radical (unpaired) electrons. The first kappa shape index (κ1) is 31.7. The van der Waals surface area contributed by atoms with Gasteiger partial charge in [-0.15, -0.1) is 0 Å². The normalized spacial score (nSPS) is 33.4. The lowest BCUT2D eigenvalue weighted by Gasteiger charge is -2.64. The number of carbonyl (C=O) groups excluding carboxylic acids is 4. The van der Waals surface area contributed by atoms with Crippen LogP contribution in [0.15, 0.2) is 60.7 Å². The predicted octanol–water partition coefficient (Wildman–Crippen LogP) is 4.13. The quantitative estimate of drug-likeness (QED) is 0.344. The molecule has 1 N–H and O–H groups in total. The van der Waals surface area contributed by atoms with E-state index in [1.165, 1.54) is 13.8 Å². The maximum absolute atomic E-state index is 13.6. The SMILES string of the molecule is CC(=O)OC[C@@H]1[C@H](O)C[C@@H](C)[C@@]23OC(C)(C)[C@@H](C[C@H](OC(=O)c4ccccc4)[C@]12COC(C)=O)[C@@H]3OC(=O)c1ccccc1. The fourth-order valence-corrected chi connectivity index (χ4v) is 7.96. The van der Waals surface area contributed by atoms with E-state index in [4.69, 9.17) is 23.7 Å². The van der Waals surface area contributed by atoms with Crippen molar-refractivity contribution < 1.29 is 48.0 Å². The molecule has 2 saturated carbocycles. The van der Waals surface area contributed by atoms with Crippen LogP contribution in [0.25, 0.3) is 0 Å². The zero-order valence-corrected chi connectivity index (χ0v) is 25.7. The van der Waals surface area contributed by atoms with E-state index in [0.29, 0.717) is 11.1 Å². The van der Waals surface area contributed by atoms with Gasteiger partial charge in [0.1, 0.15) is 24.4 Å². The van der Waals surface area contributed by atoms with Crippen molar-refractivity contribution >= 4 is 23.9 Å². The number of carbonyl (C=O) groups is 4. The summed E-state index contributed by atoms with van der Waals surface area (Å²) in [5, 5.41) is 11.7. The molecule has 3 aliphatic rings. The van der Waals surface area contributed by atoms with E-state index < -0.39 is 76.6 Å². The van der Waals surface area contributed by atoms with Crippen LogP contribution >= 0.6 is 0 Å². The second kappa shape index (κ2) is 12.0. The highest BCUT2D eigenvalue weighted by molar-refractivity contribution is 5.90. The Morgan fingerprint density at radius 2 is 1.39 bits per heavy atom. The van der Waals surface area contributed by atoms with E-state index in [1.807, 2.05) is 20.8 Å². The van der Waals surface area contributed by atoms with Crippen molar-refractivity contribution in [2.75, 3.05) is 13.2 Å². The first-order valence-corrected chi connectivity index (χ1v) is 15.0. The van der Waals surface area contributed by atoms with Gasteiger partial charge in [-0.05, 0) is 56.9 Å². The number of aliphatic hydroxyl groups excluding tert-OH is 1. The van der Waals surface area contributed by atoms with Gasteiger partial charge in [-0.3, -0.25) is 9.59 Å². The molecule has 236 valence electrons. The molecule has 0 aromatic heterocycles. The fourth-order valence-electron chi connectivity index (χ4n) is 7.96. The highest BCUT2D eigenvalue weighted by Crippen LogP contribution is 2.69. The summed E-state index contributed by atoms with van der Waals surface area (Å²) >= 11 is 0. The van der Waals surface area contributed by atoms with E-state index in [0.717, 1.165) is 0 Å². The molecule has 1 spiro atoms. The van der Waals surface area contributed by atoms with Gasteiger partial charge in [0.25, 0.3) is 0 Å². The minimum atomic E-state index is -1.48. The monoisotopic (exact) mass is 608 g/mol. The lowest BCUT2D eigenvalue weighted by atomic mass is 9.45. The molecule has 0 unspecified atom stereocenters. The van der Waals surface area contributed by atoms with Crippen LogP contribution in [0, 0.1) is 23.2 Å². The van der Waals surface area contributed by atoms with Crippen LogP contribution < -0.4 is 0 Å². The van der Waals surface area contributed by atoms with Gasteiger partial charge in [0.05, 0.1) is 34.9 Å². The third-order valence-corrected chi connectivity index (χ3v) is 9.82. The zero-order chi connectivity index (χ0) is 31.9. The molecule has 2 aromatic rings. The Bertz CT molecular complexity index is 1390. The van der Waals surface area contributed by atoms with Crippen LogP contribution in [0.5, 0.6) is 0 Å². The number of hydrogen-bond acceptors (Lipinski definition) is 10. The Balaban J connectivity index is 1.71. The van der Waals surface area contributed by atoms with Crippen molar-refractivity contribution in [1.82, 2.24) is 0 Å². The van der Waals surface area contributed by atoms with Crippen molar-refractivity contribution in [3.8, 4) is 0 Å². The summed E-state index contributed by atoms with van der Waals surface area (Å²) in [5.74, 6) is -4.17. The van der Waals surface area contributed by atoms with E-state index >= 15 is 0 Å². The molecule has 10 heteroatoms. The molecule has 2 aliphatic carbocycles. The molecule has 0 amide bonds. The maximum Gasteiger partial charge on any atom is 0.338 e. The van der Waals surface area contributed by atoms with Crippen LogP contribution in [-0.2, 0) is 33.3 Å². The molecule has 3 fully saturated rings. The van der Waals surface area contributed by atoms with Gasteiger partial charge in [-0.25, -0.2) is 9.59 Å². The maximum atomic E-state index is 13.6. The Labute approximate surface area is 257 Å². The van der Waals surface area contributed by atoms with Crippen LogP contribution in [0.2, 0.25) is 0 Å². The van der Waals surface area contributed by atoms with Crippen LogP contribution in [-0.4, -0.2) is 71.7 Å². The Morgan fingerprint density at radius 3 is 1.93 bits per heavy atom. The highest BCUT2D eigenvalue weighted by Gasteiger charge is 2.81. The van der Waals surface area contributed by atoms with Crippen molar-refractivity contribution in [3.63, 3.8) is 0 Å². The number of esters is 4. The number of benzene rings is 2. The van der Waals surface area contributed by atoms with E-state index in [1.54, 1.807) is 60.7 Å². The molecule has 8 atom stereocenters. The summed E-state index contributed by atoms with van der Waals surface area (Å²) in [4.78, 5) is 51.8. The lowest BCUT2D eigenvalue weighted by molar-refractivity contribution is -0.306. The van der Waals surface area contributed by atoms with Crippen LogP contribution in [0.1, 0.15) is 68.2 Å². The first-order valence-electron chi connectivity index (χ1n) is 15.0. The summed E-state index contributed by atoms with van der Waals surface area (Å²) in [6, 6.07) is 17.1. The van der Waals surface area contributed by atoms with Crippen molar-refractivity contribution in [2.24, 2.45) is 23.2 Å². The summed E-state index contributed by atoms with van der Waals surface area (Å²) in [6.07, 6.45) is -2.55. The number of fused-ring (bicyclic) bond motifs is 1. The number of aliphatic hydroxyl groups is 1. The number of hydrogen-bond donors (Lipinski definition) is 1. The molecule has 44 heavy (non-hydrogen) atoms. The predicted molar refractivity (Wildman–Crippen MR) is 156 cm³/mol. The van der Waals surface area contributed by atoms with Gasteiger partial charge >= 0.3 is 23.9 Å². The molecule has 1 heterocycles. The van der Waals surface area contributed by atoms with Gasteiger partial charge < -0.3 is 28.8 Å². The standard InChI is InChI=1S/C34H40O10/c1-20-16-27(37)26(18-40-21(2)35)33(19-41-22(3)36)28(42-30(38)23-12-8-6-9-13-23)17-25-29(34(20,33)44-32(25,4)5)43-31(39)24-14-10-7-11-15-24/h6-15,20,25-29,37H,16-19H2,1-5H3/t20-,25+,26-,27-,28+,29+,33+,34+/m1/s1. The molecule has 5 rings (SSSR count). The van der Waals surface area contributed by atoms with E-state index in [2.05, 4.69) is 0 Å². The lowest BCUT2D eigenvalue weighted by Crippen LogP contribution is -2.76. The van der Waals surface area contributed by atoms with Gasteiger partial charge in [0, 0.05) is 25.7 Å². The average Bonchev–Trinajstić information content (AvgIpc) is 3.15.